The first-order valence-electron chi connectivity index (χ1n) is 7.50. The number of nitrogens with zero attached hydrogens (tertiary/aromatic N) is 4. The molecular weight excluding hydrogens is 300 g/mol. The van der Waals surface area contributed by atoms with E-state index in [0.717, 1.165) is 5.75 Å². The number of azide groups is 1. The lowest BCUT2D eigenvalue weighted by Gasteiger charge is -2.21. The molecule has 0 spiro atoms. The number of ether oxygens (including phenoxy) is 2. The fraction of sp³-hybridized carbons (Fsp3) is 0.533. The molecule has 1 saturated heterocycles. The fourth-order valence-corrected chi connectivity index (χ4v) is 2.53. The lowest BCUT2D eigenvalue weighted by atomic mass is 10.2. The molecule has 1 aliphatic rings. The van der Waals surface area contributed by atoms with Crippen molar-refractivity contribution in [3.05, 3.63) is 40.8 Å². The Kier molecular flexibility index (Phi) is 6.53. The molecule has 1 aliphatic heterocycles. The fourth-order valence-electron chi connectivity index (χ4n) is 2.53. The number of benzene rings is 1. The first kappa shape index (κ1) is 16.9. The highest BCUT2D eigenvalue weighted by atomic mass is 16.5. The molecule has 8 nitrogen and oxygen atoms in total. The van der Waals surface area contributed by atoms with Crippen LogP contribution >= 0.6 is 0 Å². The van der Waals surface area contributed by atoms with Crippen LogP contribution in [0.4, 0.5) is 4.79 Å². The van der Waals surface area contributed by atoms with Crippen molar-refractivity contribution >= 4 is 6.09 Å². The van der Waals surface area contributed by atoms with Gasteiger partial charge in [0.2, 0.25) is 0 Å². The predicted molar refractivity (Wildman–Crippen MR) is 83.4 cm³/mol. The van der Waals surface area contributed by atoms with Crippen LogP contribution in [0.15, 0.2) is 35.4 Å². The smallest absolute Gasteiger partial charge is 0.407 e. The van der Waals surface area contributed by atoms with Crippen molar-refractivity contribution in [1.29, 1.82) is 0 Å². The van der Waals surface area contributed by atoms with Crippen molar-refractivity contribution in [3.8, 4) is 5.75 Å². The van der Waals surface area contributed by atoms with E-state index >= 15 is 0 Å². The summed E-state index contributed by atoms with van der Waals surface area (Å²) in [5, 5.41) is 12.7. The van der Waals surface area contributed by atoms with Crippen LogP contribution in [0.1, 0.15) is 12.8 Å². The molecule has 1 amide bonds. The van der Waals surface area contributed by atoms with Gasteiger partial charge in [-0.15, -0.1) is 0 Å². The Morgan fingerprint density at radius 3 is 2.87 bits per heavy atom. The van der Waals surface area contributed by atoms with Gasteiger partial charge in [-0.2, -0.15) is 0 Å². The summed E-state index contributed by atoms with van der Waals surface area (Å²) in [7, 11) is 0. The molecule has 1 fully saturated rings. The molecule has 1 aromatic carbocycles. The molecule has 0 bridgehead atoms. The molecule has 0 aromatic heterocycles. The molecule has 0 unspecified atom stereocenters. The Bertz CT molecular complexity index is 548. The summed E-state index contributed by atoms with van der Waals surface area (Å²) in [5.41, 5.74) is 8.45. The number of carbonyl (C=O) groups is 1. The number of hydrogen-bond acceptors (Lipinski definition) is 4. The summed E-state index contributed by atoms with van der Waals surface area (Å²) in [6, 6.07) is 8.94. The highest BCUT2D eigenvalue weighted by Gasteiger charge is 2.34. The van der Waals surface area contributed by atoms with Crippen LogP contribution in [0.3, 0.4) is 0 Å². The van der Waals surface area contributed by atoms with E-state index in [0.29, 0.717) is 32.7 Å². The molecule has 0 radical (unpaired) electrons. The van der Waals surface area contributed by atoms with Gasteiger partial charge in [-0.05, 0) is 24.1 Å². The zero-order chi connectivity index (χ0) is 16.5. The second-order valence-corrected chi connectivity index (χ2v) is 5.27. The van der Waals surface area contributed by atoms with Gasteiger partial charge in [-0.3, -0.25) is 0 Å². The Balaban J connectivity index is 1.64. The molecule has 1 aromatic rings. The van der Waals surface area contributed by atoms with E-state index < -0.39 is 6.09 Å². The van der Waals surface area contributed by atoms with Crippen LogP contribution in [0.2, 0.25) is 0 Å². The number of amides is 1. The van der Waals surface area contributed by atoms with Crippen molar-refractivity contribution in [2.75, 3.05) is 26.4 Å². The topological polar surface area (TPSA) is 108 Å². The number of para-hydroxylation sites is 1. The van der Waals surface area contributed by atoms with Gasteiger partial charge in [0.1, 0.15) is 5.75 Å². The Labute approximate surface area is 134 Å². The third kappa shape index (κ3) is 5.36. The highest BCUT2D eigenvalue weighted by molar-refractivity contribution is 5.66. The van der Waals surface area contributed by atoms with Gasteiger partial charge in [0, 0.05) is 24.5 Å². The Morgan fingerprint density at radius 1 is 1.39 bits per heavy atom. The van der Waals surface area contributed by atoms with Crippen LogP contribution in [0.5, 0.6) is 5.75 Å². The predicted octanol–water partition coefficient (Wildman–Crippen LogP) is 2.90. The molecule has 1 N–H and O–H groups in total. The minimum absolute atomic E-state index is 0.227. The van der Waals surface area contributed by atoms with Gasteiger partial charge in [0.15, 0.2) is 0 Å². The van der Waals surface area contributed by atoms with Crippen LogP contribution < -0.4 is 4.74 Å². The molecule has 0 aliphatic carbocycles. The van der Waals surface area contributed by atoms with E-state index in [1.54, 1.807) is 0 Å². The van der Waals surface area contributed by atoms with Gasteiger partial charge in [0.25, 0.3) is 0 Å². The van der Waals surface area contributed by atoms with Gasteiger partial charge in [0.05, 0.1) is 25.3 Å². The van der Waals surface area contributed by atoms with Crippen LogP contribution in [-0.4, -0.2) is 54.5 Å². The number of rotatable bonds is 8. The highest BCUT2D eigenvalue weighted by Crippen LogP contribution is 2.21. The maximum Gasteiger partial charge on any atom is 0.407 e. The van der Waals surface area contributed by atoms with Crippen LogP contribution in [0, 0.1) is 0 Å². The van der Waals surface area contributed by atoms with E-state index in [1.165, 1.54) is 4.90 Å². The summed E-state index contributed by atoms with van der Waals surface area (Å²) in [5.74, 6) is 0.817. The largest absolute Gasteiger partial charge is 0.494 e. The van der Waals surface area contributed by atoms with Gasteiger partial charge in [-0.25, -0.2) is 4.79 Å². The second kappa shape index (κ2) is 8.87. The minimum Gasteiger partial charge on any atom is -0.494 e. The first-order valence-corrected chi connectivity index (χ1v) is 7.50. The molecule has 2 rings (SSSR count). The number of likely N-dealkylation sites (tertiary alicyclic amines) is 1. The zero-order valence-corrected chi connectivity index (χ0v) is 12.7. The van der Waals surface area contributed by atoms with Crippen molar-refractivity contribution < 1.29 is 19.4 Å². The van der Waals surface area contributed by atoms with E-state index in [1.807, 2.05) is 30.3 Å². The average Bonchev–Trinajstić information content (AvgIpc) is 2.95. The van der Waals surface area contributed by atoms with Gasteiger partial charge < -0.3 is 19.5 Å². The molecule has 23 heavy (non-hydrogen) atoms. The monoisotopic (exact) mass is 320 g/mol. The third-order valence-electron chi connectivity index (χ3n) is 3.61. The van der Waals surface area contributed by atoms with E-state index in [-0.39, 0.29) is 18.6 Å². The zero-order valence-electron chi connectivity index (χ0n) is 12.7. The summed E-state index contributed by atoms with van der Waals surface area (Å²) in [4.78, 5) is 15.2. The van der Waals surface area contributed by atoms with E-state index in [4.69, 9.17) is 20.1 Å². The standard InChI is InChI=1S/C15H20N4O4/c16-18-17-12-9-13(19(10-12)15(20)21)11-22-7-4-8-23-14-5-2-1-3-6-14/h1-3,5-6,12-13H,4,7-11H2,(H,20,21)/t12-,13-/m1/s1. The average molecular weight is 320 g/mol. The summed E-state index contributed by atoms with van der Waals surface area (Å²) < 4.78 is 11.1. The summed E-state index contributed by atoms with van der Waals surface area (Å²) in [6.45, 7) is 1.56. The molecular formula is C15H20N4O4. The maximum absolute atomic E-state index is 11.2. The Hall–Kier alpha value is -2.44. The molecule has 124 valence electrons. The summed E-state index contributed by atoms with van der Waals surface area (Å²) in [6.07, 6.45) is 0.201. The SMILES string of the molecule is [N-]=[N+]=N[C@@H]1C[C@H](COCCCOc2ccccc2)N(C(=O)O)C1. The lowest BCUT2D eigenvalue weighted by Crippen LogP contribution is -2.37. The quantitative estimate of drug-likeness (QED) is 0.344. The summed E-state index contributed by atoms with van der Waals surface area (Å²) >= 11 is 0. The molecule has 8 heteroatoms. The van der Waals surface area contributed by atoms with Crippen molar-refractivity contribution in [2.24, 2.45) is 5.11 Å². The van der Waals surface area contributed by atoms with E-state index in [9.17, 15) is 4.79 Å². The van der Waals surface area contributed by atoms with Crippen LogP contribution in [0.25, 0.3) is 10.4 Å². The van der Waals surface area contributed by atoms with Crippen molar-refractivity contribution in [2.45, 2.75) is 24.9 Å². The van der Waals surface area contributed by atoms with Crippen molar-refractivity contribution in [1.82, 2.24) is 4.90 Å². The number of carboxylic acid groups (broad SMARTS) is 1. The first-order chi connectivity index (χ1) is 11.2. The number of hydrogen-bond donors (Lipinski definition) is 1. The minimum atomic E-state index is -1.01. The van der Waals surface area contributed by atoms with Crippen LogP contribution in [-0.2, 0) is 4.74 Å². The Morgan fingerprint density at radius 2 is 2.17 bits per heavy atom. The lowest BCUT2D eigenvalue weighted by molar-refractivity contribution is 0.0667. The van der Waals surface area contributed by atoms with E-state index in [2.05, 4.69) is 10.0 Å². The second-order valence-electron chi connectivity index (χ2n) is 5.27. The maximum atomic E-state index is 11.2. The molecule has 0 saturated carbocycles. The third-order valence-corrected chi connectivity index (χ3v) is 3.61. The molecule has 1 heterocycles. The van der Waals surface area contributed by atoms with Gasteiger partial charge >= 0.3 is 6.09 Å². The van der Waals surface area contributed by atoms with Crippen molar-refractivity contribution in [3.63, 3.8) is 0 Å². The molecule has 2 atom stereocenters. The van der Waals surface area contributed by atoms with Gasteiger partial charge in [-0.1, -0.05) is 23.3 Å². The normalized spacial score (nSPS) is 20.1.